The molecule has 0 amide bonds. The third-order valence-corrected chi connectivity index (χ3v) is 3.21. The zero-order chi connectivity index (χ0) is 13.7. The van der Waals surface area contributed by atoms with Crippen LogP contribution in [0.5, 0.6) is 0 Å². The van der Waals surface area contributed by atoms with Crippen molar-refractivity contribution < 1.29 is 0 Å². The quantitative estimate of drug-likeness (QED) is 0.860. The number of rotatable bonds is 6. The van der Waals surface area contributed by atoms with Gasteiger partial charge < -0.3 is 5.32 Å². The molecule has 102 valence electrons. The molecule has 2 rings (SSSR count). The van der Waals surface area contributed by atoms with Gasteiger partial charge in [-0.2, -0.15) is 4.68 Å². The Bertz CT molecular complexity index is 492. The Morgan fingerprint density at radius 2 is 1.95 bits per heavy atom. The highest BCUT2D eigenvalue weighted by atomic mass is 15.5. The van der Waals surface area contributed by atoms with Crippen LogP contribution in [0.2, 0.25) is 0 Å². The van der Waals surface area contributed by atoms with E-state index in [1.54, 1.807) is 0 Å². The van der Waals surface area contributed by atoms with Crippen LogP contribution in [0.3, 0.4) is 0 Å². The average molecular weight is 259 g/mol. The van der Waals surface area contributed by atoms with Crippen LogP contribution in [0.4, 0.5) is 0 Å². The Hall–Kier alpha value is -1.75. The van der Waals surface area contributed by atoms with Crippen molar-refractivity contribution in [3.8, 4) is 5.69 Å². The summed E-state index contributed by atoms with van der Waals surface area (Å²) in [6, 6.07) is 10.4. The minimum Gasteiger partial charge on any atom is -0.314 e. The molecule has 1 aromatic carbocycles. The lowest BCUT2D eigenvalue weighted by molar-refractivity contribution is 0.396. The van der Waals surface area contributed by atoms with Gasteiger partial charge in [-0.05, 0) is 35.0 Å². The molecule has 0 saturated heterocycles. The lowest BCUT2D eigenvalue weighted by Gasteiger charge is -2.21. The van der Waals surface area contributed by atoms with Gasteiger partial charge in [-0.1, -0.05) is 39.0 Å². The lowest BCUT2D eigenvalue weighted by atomic mass is 10.0. The lowest BCUT2D eigenvalue weighted by Crippen LogP contribution is -2.36. The number of tetrazole rings is 1. The molecule has 0 saturated carbocycles. The monoisotopic (exact) mass is 259 g/mol. The molecule has 19 heavy (non-hydrogen) atoms. The van der Waals surface area contributed by atoms with Gasteiger partial charge in [0.15, 0.2) is 5.82 Å². The molecule has 1 N–H and O–H groups in total. The molecule has 0 aliphatic rings. The maximum absolute atomic E-state index is 4.16. The van der Waals surface area contributed by atoms with Crippen LogP contribution in [0.15, 0.2) is 30.3 Å². The highest BCUT2D eigenvalue weighted by molar-refractivity contribution is 5.30. The summed E-state index contributed by atoms with van der Waals surface area (Å²) < 4.78 is 1.81. The van der Waals surface area contributed by atoms with Gasteiger partial charge in [0.1, 0.15) is 0 Å². The summed E-state index contributed by atoms with van der Waals surface area (Å²) in [4.78, 5) is 0. The van der Waals surface area contributed by atoms with E-state index in [1.165, 1.54) is 0 Å². The molecule has 0 aliphatic heterocycles. The summed E-state index contributed by atoms with van der Waals surface area (Å²) >= 11 is 0. The van der Waals surface area contributed by atoms with Gasteiger partial charge in [0.25, 0.3) is 0 Å². The summed E-state index contributed by atoms with van der Waals surface area (Å²) in [5.41, 5.74) is 1.00. The SMILES string of the molecule is CCNC(Cc1nnnn1-c1ccccc1)C(C)C. The smallest absolute Gasteiger partial charge is 0.158 e. The van der Waals surface area contributed by atoms with Crippen LogP contribution in [-0.2, 0) is 6.42 Å². The number of benzene rings is 1. The van der Waals surface area contributed by atoms with Crippen molar-refractivity contribution in [3.05, 3.63) is 36.2 Å². The van der Waals surface area contributed by atoms with E-state index in [0.717, 1.165) is 24.5 Å². The molecule has 0 bridgehead atoms. The number of nitrogens with zero attached hydrogens (tertiary/aromatic N) is 4. The summed E-state index contributed by atoms with van der Waals surface area (Å²) in [6.07, 6.45) is 0.827. The Balaban J connectivity index is 2.20. The van der Waals surface area contributed by atoms with Crippen molar-refractivity contribution >= 4 is 0 Å². The predicted octanol–water partition coefficient (Wildman–Crippen LogP) is 1.84. The van der Waals surface area contributed by atoms with E-state index in [1.807, 2.05) is 35.0 Å². The maximum Gasteiger partial charge on any atom is 0.158 e. The topological polar surface area (TPSA) is 55.6 Å². The van der Waals surface area contributed by atoms with Crippen LogP contribution in [-0.4, -0.2) is 32.8 Å². The van der Waals surface area contributed by atoms with E-state index >= 15 is 0 Å². The molecule has 5 nitrogen and oxygen atoms in total. The number of likely N-dealkylation sites (N-methyl/N-ethyl adjacent to an activating group) is 1. The number of aromatic nitrogens is 4. The fourth-order valence-electron chi connectivity index (χ4n) is 2.11. The van der Waals surface area contributed by atoms with Crippen LogP contribution in [0, 0.1) is 5.92 Å². The maximum atomic E-state index is 4.16. The van der Waals surface area contributed by atoms with E-state index in [0.29, 0.717) is 12.0 Å². The zero-order valence-corrected chi connectivity index (χ0v) is 11.7. The van der Waals surface area contributed by atoms with Gasteiger partial charge in [0, 0.05) is 12.5 Å². The molecular weight excluding hydrogens is 238 g/mol. The van der Waals surface area contributed by atoms with Crippen molar-refractivity contribution in [2.45, 2.75) is 33.2 Å². The van der Waals surface area contributed by atoms with Crippen LogP contribution in [0.25, 0.3) is 5.69 Å². The number of para-hydroxylation sites is 1. The molecule has 1 atom stereocenters. The Morgan fingerprint density at radius 1 is 1.21 bits per heavy atom. The third kappa shape index (κ3) is 3.38. The number of nitrogens with one attached hydrogen (secondary N) is 1. The van der Waals surface area contributed by atoms with E-state index in [9.17, 15) is 0 Å². The Kier molecular flexibility index (Phi) is 4.63. The first-order chi connectivity index (χ1) is 9.22. The fourth-order valence-corrected chi connectivity index (χ4v) is 2.11. The van der Waals surface area contributed by atoms with E-state index in [2.05, 4.69) is 41.6 Å². The predicted molar refractivity (Wildman–Crippen MR) is 75.2 cm³/mol. The normalized spacial score (nSPS) is 12.8. The van der Waals surface area contributed by atoms with Crippen molar-refractivity contribution in [2.24, 2.45) is 5.92 Å². The number of hydrogen-bond donors (Lipinski definition) is 1. The van der Waals surface area contributed by atoms with Crippen LogP contribution in [0.1, 0.15) is 26.6 Å². The highest BCUT2D eigenvalue weighted by Crippen LogP contribution is 2.12. The van der Waals surface area contributed by atoms with Gasteiger partial charge in [-0.3, -0.25) is 0 Å². The molecule has 0 radical (unpaired) electrons. The van der Waals surface area contributed by atoms with Gasteiger partial charge in [-0.15, -0.1) is 5.10 Å². The van der Waals surface area contributed by atoms with Crippen molar-refractivity contribution in [1.29, 1.82) is 0 Å². The largest absolute Gasteiger partial charge is 0.314 e. The molecule has 0 fully saturated rings. The van der Waals surface area contributed by atoms with Gasteiger partial charge in [-0.25, -0.2) is 0 Å². The minimum absolute atomic E-state index is 0.387. The van der Waals surface area contributed by atoms with Gasteiger partial charge >= 0.3 is 0 Å². The molecule has 2 aromatic rings. The first-order valence-electron chi connectivity index (χ1n) is 6.78. The summed E-state index contributed by atoms with van der Waals surface area (Å²) in [7, 11) is 0. The fraction of sp³-hybridized carbons (Fsp3) is 0.500. The Labute approximate surface area is 114 Å². The van der Waals surface area contributed by atoms with Gasteiger partial charge in [0.05, 0.1) is 5.69 Å². The summed E-state index contributed by atoms with van der Waals surface area (Å²) in [5.74, 6) is 1.44. The first kappa shape index (κ1) is 13.7. The van der Waals surface area contributed by atoms with E-state index in [-0.39, 0.29) is 0 Å². The van der Waals surface area contributed by atoms with Gasteiger partial charge in [0.2, 0.25) is 0 Å². The van der Waals surface area contributed by atoms with E-state index < -0.39 is 0 Å². The molecule has 1 aromatic heterocycles. The molecule has 0 aliphatic carbocycles. The second-order valence-electron chi connectivity index (χ2n) is 4.95. The first-order valence-corrected chi connectivity index (χ1v) is 6.78. The van der Waals surface area contributed by atoms with E-state index in [4.69, 9.17) is 0 Å². The van der Waals surface area contributed by atoms with Crippen LogP contribution >= 0.6 is 0 Å². The van der Waals surface area contributed by atoms with Crippen molar-refractivity contribution in [3.63, 3.8) is 0 Å². The Morgan fingerprint density at radius 3 is 2.58 bits per heavy atom. The second-order valence-corrected chi connectivity index (χ2v) is 4.95. The molecule has 5 heteroatoms. The molecular formula is C14H21N5. The zero-order valence-electron chi connectivity index (χ0n) is 11.7. The summed E-state index contributed by atoms with van der Waals surface area (Å²) in [5, 5.41) is 15.5. The van der Waals surface area contributed by atoms with Crippen LogP contribution < -0.4 is 5.32 Å². The third-order valence-electron chi connectivity index (χ3n) is 3.21. The number of hydrogen-bond acceptors (Lipinski definition) is 4. The molecule has 1 unspecified atom stereocenters. The van der Waals surface area contributed by atoms with Crippen molar-refractivity contribution in [2.75, 3.05) is 6.54 Å². The van der Waals surface area contributed by atoms with Crippen molar-refractivity contribution in [1.82, 2.24) is 25.5 Å². The second kappa shape index (κ2) is 6.43. The minimum atomic E-state index is 0.387. The summed E-state index contributed by atoms with van der Waals surface area (Å²) in [6.45, 7) is 7.50. The average Bonchev–Trinajstić information content (AvgIpc) is 2.87. The highest BCUT2D eigenvalue weighted by Gasteiger charge is 2.17. The molecule has 1 heterocycles. The molecule has 0 spiro atoms. The standard InChI is InChI=1S/C14H21N5/c1-4-15-13(11(2)3)10-14-16-17-18-19(14)12-8-6-5-7-9-12/h5-9,11,13,15H,4,10H2,1-3H3.